The van der Waals surface area contributed by atoms with Gasteiger partial charge >= 0.3 is 0 Å². The molecule has 15 heavy (non-hydrogen) atoms. The Bertz CT molecular complexity index is 187. The zero-order valence-corrected chi connectivity index (χ0v) is 10.8. The third kappa shape index (κ3) is 6.50. The maximum Gasteiger partial charge on any atom is 0.0963 e. The molecule has 0 rings (SSSR count). The van der Waals surface area contributed by atoms with Crippen LogP contribution in [0.15, 0.2) is 0 Å². The van der Waals surface area contributed by atoms with Crippen LogP contribution in [0.4, 0.5) is 0 Å². The summed E-state index contributed by atoms with van der Waals surface area (Å²) in [6, 6.07) is 0. The Morgan fingerprint density at radius 1 is 1.27 bits per heavy atom. The van der Waals surface area contributed by atoms with Crippen LogP contribution in [0.5, 0.6) is 0 Å². The molecule has 0 unspecified atom stereocenters. The Morgan fingerprint density at radius 3 is 2.33 bits per heavy atom. The maximum absolute atomic E-state index is 7.47. The van der Waals surface area contributed by atoms with E-state index in [9.17, 15) is 0 Å². The highest BCUT2D eigenvalue weighted by molar-refractivity contribution is 5.82. The van der Waals surface area contributed by atoms with Gasteiger partial charge in [-0.2, -0.15) is 0 Å². The van der Waals surface area contributed by atoms with Crippen molar-refractivity contribution in [2.75, 3.05) is 20.1 Å². The van der Waals surface area contributed by atoms with Crippen molar-refractivity contribution < 1.29 is 0 Å². The van der Waals surface area contributed by atoms with Crippen molar-refractivity contribution in [3.8, 4) is 0 Å². The van der Waals surface area contributed by atoms with E-state index < -0.39 is 0 Å². The molecule has 0 amide bonds. The molecule has 0 atom stereocenters. The molecule has 0 saturated carbocycles. The fraction of sp³-hybridized carbons (Fsp3) is 0.917. The van der Waals surface area contributed by atoms with E-state index in [4.69, 9.17) is 11.1 Å². The van der Waals surface area contributed by atoms with E-state index >= 15 is 0 Å². The molecule has 0 fully saturated rings. The van der Waals surface area contributed by atoms with Crippen molar-refractivity contribution in [2.24, 2.45) is 11.1 Å². The van der Waals surface area contributed by atoms with Gasteiger partial charge in [0.2, 0.25) is 0 Å². The number of rotatable bonds is 8. The SMILES string of the molecule is CCCCCN(C)CCC(C)(C)C(=N)N. The Morgan fingerprint density at radius 2 is 1.87 bits per heavy atom. The van der Waals surface area contributed by atoms with Gasteiger partial charge in [0.25, 0.3) is 0 Å². The van der Waals surface area contributed by atoms with Crippen molar-refractivity contribution >= 4 is 5.84 Å². The molecule has 0 aliphatic rings. The Kier molecular flexibility index (Phi) is 6.57. The minimum absolute atomic E-state index is 0.154. The number of hydrogen-bond donors (Lipinski definition) is 2. The van der Waals surface area contributed by atoms with Gasteiger partial charge in [0.05, 0.1) is 5.84 Å². The second-order valence-corrected chi connectivity index (χ2v) is 5.06. The van der Waals surface area contributed by atoms with Gasteiger partial charge in [-0.05, 0) is 33.0 Å². The Labute approximate surface area is 94.5 Å². The van der Waals surface area contributed by atoms with Crippen molar-refractivity contribution in [2.45, 2.75) is 46.5 Å². The van der Waals surface area contributed by atoms with Gasteiger partial charge in [-0.25, -0.2) is 0 Å². The summed E-state index contributed by atoms with van der Waals surface area (Å²) in [5, 5.41) is 7.47. The second-order valence-electron chi connectivity index (χ2n) is 5.06. The maximum atomic E-state index is 7.47. The summed E-state index contributed by atoms with van der Waals surface area (Å²) in [7, 11) is 2.14. The molecule has 0 heterocycles. The third-order valence-corrected chi connectivity index (χ3v) is 2.99. The molecule has 0 bridgehead atoms. The molecule has 0 aliphatic heterocycles. The number of nitrogens with one attached hydrogen (secondary N) is 1. The van der Waals surface area contributed by atoms with E-state index in [2.05, 4.69) is 18.9 Å². The lowest BCUT2D eigenvalue weighted by Gasteiger charge is -2.26. The van der Waals surface area contributed by atoms with Gasteiger partial charge in [-0.15, -0.1) is 0 Å². The molecule has 0 aliphatic carbocycles. The second kappa shape index (κ2) is 6.83. The minimum atomic E-state index is -0.154. The van der Waals surface area contributed by atoms with Crippen LogP contribution in [0, 0.1) is 10.8 Å². The number of amidine groups is 1. The molecule has 3 heteroatoms. The first-order valence-electron chi connectivity index (χ1n) is 5.93. The van der Waals surface area contributed by atoms with Crippen LogP contribution in [0.3, 0.4) is 0 Å². The highest BCUT2D eigenvalue weighted by Gasteiger charge is 2.21. The molecule has 0 aromatic heterocycles. The van der Waals surface area contributed by atoms with Crippen LogP contribution in [-0.4, -0.2) is 30.9 Å². The van der Waals surface area contributed by atoms with Gasteiger partial charge < -0.3 is 10.6 Å². The van der Waals surface area contributed by atoms with E-state index in [-0.39, 0.29) is 5.41 Å². The summed E-state index contributed by atoms with van der Waals surface area (Å²) in [6.45, 7) is 8.47. The quantitative estimate of drug-likeness (QED) is 0.370. The number of hydrogen-bond acceptors (Lipinski definition) is 2. The molecule has 3 nitrogen and oxygen atoms in total. The number of unbranched alkanes of at least 4 members (excludes halogenated alkanes) is 2. The van der Waals surface area contributed by atoms with E-state index in [1.165, 1.54) is 19.3 Å². The Hall–Kier alpha value is -0.570. The monoisotopic (exact) mass is 213 g/mol. The van der Waals surface area contributed by atoms with Gasteiger partial charge in [-0.1, -0.05) is 33.6 Å². The predicted octanol–water partition coefficient (Wildman–Crippen LogP) is 2.46. The van der Waals surface area contributed by atoms with Crippen molar-refractivity contribution in [3.05, 3.63) is 0 Å². The first-order chi connectivity index (χ1) is 6.90. The molecule has 0 radical (unpaired) electrons. The lowest BCUT2D eigenvalue weighted by Crippen LogP contribution is -2.34. The van der Waals surface area contributed by atoms with Crippen molar-refractivity contribution in [3.63, 3.8) is 0 Å². The summed E-state index contributed by atoms with van der Waals surface area (Å²) in [4.78, 5) is 2.33. The molecule has 0 aromatic carbocycles. The zero-order chi connectivity index (χ0) is 11.9. The average molecular weight is 213 g/mol. The van der Waals surface area contributed by atoms with E-state index in [1.807, 2.05) is 13.8 Å². The van der Waals surface area contributed by atoms with Crippen LogP contribution in [0.1, 0.15) is 46.5 Å². The first-order valence-corrected chi connectivity index (χ1v) is 5.93. The highest BCUT2D eigenvalue weighted by Crippen LogP contribution is 2.19. The molecular formula is C12H27N3. The van der Waals surface area contributed by atoms with Crippen LogP contribution in [0.2, 0.25) is 0 Å². The fourth-order valence-electron chi connectivity index (χ4n) is 1.35. The summed E-state index contributed by atoms with van der Waals surface area (Å²) >= 11 is 0. The van der Waals surface area contributed by atoms with Crippen LogP contribution < -0.4 is 5.73 Å². The first kappa shape index (κ1) is 14.4. The minimum Gasteiger partial charge on any atom is -0.387 e. The summed E-state index contributed by atoms with van der Waals surface area (Å²) in [6.07, 6.45) is 4.81. The number of nitrogens with two attached hydrogens (primary N) is 1. The summed E-state index contributed by atoms with van der Waals surface area (Å²) < 4.78 is 0. The van der Waals surface area contributed by atoms with Gasteiger partial charge in [0.1, 0.15) is 0 Å². The smallest absolute Gasteiger partial charge is 0.0963 e. The standard InChI is InChI=1S/C12H27N3/c1-5-6-7-9-15(4)10-8-12(2,3)11(13)14/h5-10H2,1-4H3,(H3,13,14). The number of nitrogens with zero attached hydrogens (tertiary/aromatic N) is 1. The van der Waals surface area contributed by atoms with Crippen molar-refractivity contribution in [1.82, 2.24) is 4.90 Å². The van der Waals surface area contributed by atoms with Crippen molar-refractivity contribution in [1.29, 1.82) is 5.41 Å². The largest absolute Gasteiger partial charge is 0.387 e. The lowest BCUT2D eigenvalue weighted by atomic mass is 9.88. The average Bonchev–Trinajstić information content (AvgIpc) is 2.15. The van der Waals surface area contributed by atoms with Crippen LogP contribution in [-0.2, 0) is 0 Å². The Balaban J connectivity index is 3.70. The molecular weight excluding hydrogens is 186 g/mol. The predicted molar refractivity (Wildman–Crippen MR) is 67.3 cm³/mol. The summed E-state index contributed by atoms with van der Waals surface area (Å²) in [5.41, 5.74) is 5.39. The lowest BCUT2D eigenvalue weighted by molar-refractivity contribution is 0.285. The normalized spacial score (nSPS) is 12.1. The van der Waals surface area contributed by atoms with Gasteiger partial charge in [0.15, 0.2) is 0 Å². The molecule has 0 aromatic rings. The van der Waals surface area contributed by atoms with Gasteiger partial charge in [-0.3, -0.25) is 5.41 Å². The fourth-order valence-corrected chi connectivity index (χ4v) is 1.35. The van der Waals surface area contributed by atoms with Crippen LogP contribution >= 0.6 is 0 Å². The molecule has 0 spiro atoms. The topological polar surface area (TPSA) is 53.1 Å². The summed E-state index contributed by atoms with van der Waals surface area (Å²) in [5.74, 6) is 0.296. The van der Waals surface area contributed by atoms with E-state index in [1.54, 1.807) is 0 Å². The third-order valence-electron chi connectivity index (χ3n) is 2.99. The van der Waals surface area contributed by atoms with E-state index in [0.717, 1.165) is 19.5 Å². The van der Waals surface area contributed by atoms with E-state index in [0.29, 0.717) is 5.84 Å². The highest BCUT2D eigenvalue weighted by atomic mass is 15.1. The van der Waals surface area contributed by atoms with Gasteiger partial charge in [0, 0.05) is 5.41 Å². The van der Waals surface area contributed by atoms with Crippen LogP contribution in [0.25, 0.3) is 0 Å². The molecule has 0 saturated heterocycles. The zero-order valence-electron chi connectivity index (χ0n) is 10.8. The molecule has 3 N–H and O–H groups in total. The molecule has 90 valence electrons.